The molecule has 44 heavy (non-hydrogen) atoms. The molecule has 0 saturated carbocycles. The molecule has 228 valence electrons. The minimum atomic E-state index is -0.448. The maximum Gasteiger partial charge on any atom is 0.262 e. The molecule has 1 saturated heterocycles. The zero-order valence-corrected chi connectivity index (χ0v) is 25.1. The van der Waals surface area contributed by atoms with Gasteiger partial charge >= 0.3 is 0 Å². The smallest absolute Gasteiger partial charge is 0.262 e. The summed E-state index contributed by atoms with van der Waals surface area (Å²) in [6.07, 6.45) is 2.01. The van der Waals surface area contributed by atoms with Crippen molar-refractivity contribution in [2.75, 3.05) is 48.8 Å². The van der Waals surface area contributed by atoms with Crippen LogP contribution >= 0.6 is 0 Å². The molecule has 10 nitrogen and oxygen atoms in total. The molecule has 1 fully saturated rings. The number of benzene rings is 3. The number of halogens is 1. The number of nitrogens with zero attached hydrogens (tertiary/aromatic N) is 4. The van der Waals surface area contributed by atoms with Gasteiger partial charge in [-0.1, -0.05) is 30.3 Å². The molecule has 5 rings (SSSR count). The van der Waals surface area contributed by atoms with Crippen molar-refractivity contribution in [3.8, 4) is 11.6 Å². The lowest BCUT2D eigenvalue weighted by molar-refractivity contribution is -0.118. The summed E-state index contributed by atoms with van der Waals surface area (Å²) in [5, 5.41) is 5.99. The van der Waals surface area contributed by atoms with Crippen molar-refractivity contribution in [2.24, 2.45) is 5.73 Å². The molecule has 0 radical (unpaired) electrons. The number of rotatable bonds is 10. The van der Waals surface area contributed by atoms with Crippen molar-refractivity contribution in [1.82, 2.24) is 14.9 Å². The number of carbonyl (C=O) groups excluding carboxylic acids is 2. The van der Waals surface area contributed by atoms with E-state index >= 15 is 4.39 Å². The molecule has 1 aliphatic rings. The number of para-hydroxylation sites is 1. The fourth-order valence-electron chi connectivity index (χ4n) is 5.01. The third kappa shape index (κ3) is 7.48. The molecule has 1 aromatic heterocycles. The highest BCUT2D eigenvalue weighted by Crippen LogP contribution is 2.29. The number of hydrogen-bond acceptors (Lipinski definition) is 8. The SMILES string of the molecule is Cc1cccc(C)c1NC(=O)c1cnc(Nc2ccc(N3CCN(C)CC3)c(F)c2)nc1Oc1cccc(CCC(N)=O)c1. The van der Waals surface area contributed by atoms with Crippen molar-refractivity contribution in [3.05, 3.63) is 94.9 Å². The van der Waals surface area contributed by atoms with Crippen LogP contribution in [0.15, 0.2) is 66.9 Å². The monoisotopic (exact) mass is 597 g/mol. The predicted molar refractivity (Wildman–Crippen MR) is 169 cm³/mol. The largest absolute Gasteiger partial charge is 0.438 e. The zero-order valence-electron chi connectivity index (χ0n) is 25.1. The van der Waals surface area contributed by atoms with Gasteiger partial charge in [-0.2, -0.15) is 4.98 Å². The van der Waals surface area contributed by atoms with E-state index in [1.165, 1.54) is 12.3 Å². The highest BCUT2D eigenvalue weighted by molar-refractivity contribution is 6.06. The molecular formula is C33H36FN7O3. The van der Waals surface area contributed by atoms with Crippen molar-refractivity contribution in [3.63, 3.8) is 0 Å². The molecular weight excluding hydrogens is 561 g/mol. The maximum atomic E-state index is 15.2. The first kappa shape index (κ1) is 30.4. The fourth-order valence-corrected chi connectivity index (χ4v) is 5.01. The van der Waals surface area contributed by atoms with Gasteiger partial charge in [-0.3, -0.25) is 9.59 Å². The van der Waals surface area contributed by atoms with Crippen LogP contribution in [-0.2, 0) is 11.2 Å². The molecule has 1 aliphatic heterocycles. The summed E-state index contributed by atoms with van der Waals surface area (Å²) >= 11 is 0. The standard InChI is InChI=1S/C33H36FN7O3/c1-21-6-4-7-22(2)30(21)38-31(43)26-20-36-33(39-32(26)44-25-9-5-8-23(18-25)10-13-29(35)42)37-24-11-12-28(27(34)19-24)41-16-14-40(3)15-17-41/h4-9,11-12,18-20H,10,13-17H2,1-3H3,(H2,35,42)(H,38,43)(H,36,37,39). The van der Waals surface area contributed by atoms with Gasteiger partial charge in [-0.25, -0.2) is 9.37 Å². The highest BCUT2D eigenvalue weighted by Gasteiger charge is 2.21. The molecule has 0 unspecified atom stereocenters. The summed E-state index contributed by atoms with van der Waals surface area (Å²) in [5.41, 5.74) is 9.76. The molecule has 0 atom stereocenters. The lowest BCUT2D eigenvalue weighted by atomic mass is 10.1. The Bertz CT molecular complexity index is 1650. The molecule has 2 amide bonds. The van der Waals surface area contributed by atoms with Crippen molar-refractivity contribution in [1.29, 1.82) is 0 Å². The molecule has 0 spiro atoms. The number of nitrogens with one attached hydrogen (secondary N) is 2. The number of amides is 2. The number of hydrogen-bond donors (Lipinski definition) is 3. The van der Waals surface area contributed by atoms with Crippen LogP contribution in [0.2, 0.25) is 0 Å². The van der Waals surface area contributed by atoms with Crippen LogP contribution < -0.4 is 26.0 Å². The average Bonchev–Trinajstić information content (AvgIpc) is 2.99. The van der Waals surface area contributed by atoms with Crippen LogP contribution in [0.3, 0.4) is 0 Å². The van der Waals surface area contributed by atoms with Crippen LogP contribution in [0.1, 0.15) is 33.5 Å². The van der Waals surface area contributed by atoms with Crippen LogP contribution in [0.5, 0.6) is 11.6 Å². The van der Waals surface area contributed by atoms with E-state index in [0.717, 1.165) is 42.9 Å². The van der Waals surface area contributed by atoms with Crippen LogP contribution in [0.25, 0.3) is 0 Å². The topological polar surface area (TPSA) is 126 Å². The summed E-state index contributed by atoms with van der Waals surface area (Å²) in [7, 11) is 2.05. The van der Waals surface area contributed by atoms with Crippen LogP contribution in [-0.4, -0.2) is 59.9 Å². The molecule has 4 N–H and O–H groups in total. The Balaban J connectivity index is 1.42. The lowest BCUT2D eigenvalue weighted by Crippen LogP contribution is -2.44. The van der Waals surface area contributed by atoms with E-state index in [1.54, 1.807) is 30.3 Å². The van der Waals surface area contributed by atoms with E-state index < -0.39 is 11.8 Å². The van der Waals surface area contributed by atoms with E-state index in [1.807, 2.05) is 43.0 Å². The Morgan fingerprint density at radius 3 is 2.43 bits per heavy atom. The first-order valence-electron chi connectivity index (χ1n) is 14.5. The van der Waals surface area contributed by atoms with Gasteiger partial charge in [-0.05, 0) is 74.3 Å². The van der Waals surface area contributed by atoms with Crippen LogP contribution in [0.4, 0.5) is 27.4 Å². The number of anilines is 4. The van der Waals surface area contributed by atoms with Gasteiger partial charge in [0, 0.05) is 50.2 Å². The van der Waals surface area contributed by atoms with Crippen LogP contribution in [0, 0.1) is 19.7 Å². The quantitative estimate of drug-likeness (QED) is 0.228. The summed E-state index contributed by atoms with van der Waals surface area (Å²) < 4.78 is 21.3. The van der Waals surface area contributed by atoms with Gasteiger partial charge in [0.15, 0.2) is 0 Å². The Kier molecular flexibility index (Phi) is 9.35. The van der Waals surface area contributed by atoms with Gasteiger partial charge < -0.3 is 30.9 Å². The lowest BCUT2D eigenvalue weighted by Gasteiger charge is -2.34. The molecule has 4 aromatic rings. The van der Waals surface area contributed by atoms with E-state index in [4.69, 9.17) is 10.5 Å². The number of aromatic nitrogens is 2. The third-order valence-corrected chi connectivity index (χ3v) is 7.54. The average molecular weight is 598 g/mol. The summed E-state index contributed by atoms with van der Waals surface area (Å²) in [4.78, 5) is 37.9. The second kappa shape index (κ2) is 13.5. The molecule has 0 bridgehead atoms. The zero-order chi connectivity index (χ0) is 31.2. The van der Waals surface area contributed by atoms with Gasteiger partial charge in [0.25, 0.3) is 5.91 Å². The summed E-state index contributed by atoms with van der Waals surface area (Å²) in [6, 6.07) is 17.8. The van der Waals surface area contributed by atoms with E-state index in [0.29, 0.717) is 29.2 Å². The molecule has 3 aromatic carbocycles. The predicted octanol–water partition coefficient (Wildman–Crippen LogP) is 5.19. The number of carbonyl (C=O) groups is 2. The third-order valence-electron chi connectivity index (χ3n) is 7.54. The Hall–Kier alpha value is -5.03. The van der Waals surface area contributed by atoms with E-state index in [9.17, 15) is 9.59 Å². The number of piperazine rings is 1. The van der Waals surface area contributed by atoms with Gasteiger partial charge in [-0.15, -0.1) is 0 Å². The normalized spacial score (nSPS) is 13.4. The van der Waals surface area contributed by atoms with Gasteiger partial charge in [0.05, 0.1) is 5.69 Å². The molecule has 11 heteroatoms. The second-order valence-electron chi connectivity index (χ2n) is 10.9. The van der Waals surface area contributed by atoms with Gasteiger partial charge in [0.1, 0.15) is 17.1 Å². The van der Waals surface area contributed by atoms with Crippen molar-refractivity contribution < 1.29 is 18.7 Å². The summed E-state index contributed by atoms with van der Waals surface area (Å²) in [5.74, 6) is -0.653. The second-order valence-corrected chi connectivity index (χ2v) is 10.9. The van der Waals surface area contributed by atoms with Crippen molar-refractivity contribution in [2.45, 2.75) is 26.7 Å². The molecule has 0 aliphatic carbocycles. The maximum absolute atomic E-state index is 15.2. The highest BCUT2D eigenvalue weighted by atomic mass is 19.1. The number of primary amides is 1. The van der Waals surface area contributed by atoms with Gasteiger partial charge in [0.2, 0.25) is 17.7 Å². The summed E-state index contributed by atoms with van der Waals surface area (Å²) in [6.45, 7) is 7.06. The first-order valence-corrected chi connectivity index (χ1v) is 14.5. The number of nitrogens with two attached hydrogens (primary N) is 1. The Labute approximate surface area is 256 Å². The first-order chi connectivity index (χ1) is 21.2. The Morgan fingerprint density at radius 1 is 1.00 bits per heavy atom. The number of ether oxygens (including phenoxy) is 1. The number of aryl methyl sites for hydroxylation is 3. The van der Waals surface area contributed by atoms with E-state index in [2.05, 4.69) is 32.5 Å². The number of likely N-dealkylation sites (N-methyl/N-ethyl adjacent to an activating group) is 1. The van der Waals surface area contributed by atoms with Crippen molar-refractivity contribution >= 4 is 34.8 Å². The molecule has 2 heterocycles. The minimum absolute atomic E-state index is 0.00724. The Morgan fingerprint density at radius 2 is 1.73 bits per heavy atom. The minimum Gasteiger partial charge on any atom is -0.438 e. The fraction of sp³-hybridized carbons (Fsp3) is 0.273. The van der Waals surface area contributed by atoms with E-state index in [-0.39, 0.29) is 29.6 Å².